The van der Waals surface area contributed by atoms with Crippen LogP contribution in [0, 0.1) is 6.92 Å². The van der Waals surface area contributed by atoms with Crippen molar-refractivity contribution in [2.24, 2.45) is 0 Å². The van der Waals surface area contributed by atoms with Crippen LogP contribution in [0.5, 0.6) is 11.5 Å². The molecule has 1 amide bonds. The SMILES string of the molecule is COc1ccc(CNC(=O)c2cc3ccc(OC)cc3nc2C)cc1. The molecule has 0 fully saturated rings. The van der Waals surface area contributed by atoms with E-state index >= 15 is 0 Å². The highest BCUT2D eigenvalue weighted by molar-refractivity contribution is 5.98. The molecule has 2 aromatic carbocycles. The fourth-order valence-electron chi connectivity index (χ4n) is 2.62. The van der Waals surface area contributed by atoms with Crippen molar-refractivity contribution < 1.29 is 14.3 Å². The van der Waals surface area contributed by atoms with E-state index in [0.717, 1.165) is 28.0 Å². The van der Waals surface area contributed by atoms with Gasteiger partial charge in [0.15, 0.2) is 0 Å². The summed E-state index contributed by atoms with van der Waals surface area (Å²) in [5, 5.41) is 3.84. The van der Waals surface area contributed by atoms with E-state index in [0.29, 0.717) is 17.8 Å². The average molecular weight is 336 g/mol. The zero-order chi connectivity index (χ0) is 17.8. The molecule has 0 spiro atoms. The van der Waals surface area contributed by atoms with Crippen LogP contribution in [0.4, 0.5) is 0 Å². The predicted molar refractivity (Wildman–Crippen MR) is 97.2 cm³/mol. The first-order valence-electron chi connectivity index (χ1n) is 7.97. The number of hydrogen-bond acceptors (Lipinski definition) is 4. The summed E-state index contributed by atoms with van der Waals surface area (Å²) in [6, 6.07) is 15.1. The summed E-state index contributed by atoms with van der Waals surface area (Å²) in [5.41, 5.74) is 3.08. The molecule has 3 rings (SSSR count). The second-order valence-corrected chi connectivity index (χ2v) is 5.71. The standard InChI is InChI=1S/C20H20N2O3/c1-13-18(10-15-6-9-17(25-3)11-19(15)22-13)20(23)21-12-14-4-7-16(24-2)8-5-14/h4-11H,12H2,1-3H3,(H,21,23). The number of benzene rings is 2. The van der Waals surface area contributed by atoms with Crippen LogP contribution < -0.4 is 14.8 Å². The highest BCUT2D eigenvalue weighted by atomic mass is 16.5. The highest BCUT2D eigenvalue weighted by Gasteiger charge is 2.12. The van der Waals surface area contributed by atoms with E-state index in [1.54, 1.807) is 14.2 Å². The molecule has 3 aromatic rings. The van der Waals surface area contributed by atoms with E-state index in [9.17, 15) is 4.79 Å². The molecule has 25 heavy (non-hydrogen) atoms. The van der Waals surface area contributed by atoms with E-state index in [-0.39, 0.29) is 5.91 Å². The van der Waals surface area contributed by atoms with Crippen molar-refractivity contribution in [3.63, 3.8) is 0 Å². The van der Waals surface area contributed by atoms with E-state index in [4.69, 9.17) is 9.47 Å². The molecule has 5 heteroatoms. The van der Waals surface area contributed by atoms with Crippen LogP contribution in [0.1, 0.15) is 21.6 Å². The summed E-state index contributed by atoms with van der Waals surface area (Å²) in [5.74, 6) is 1.40. The Balaban J connectivity index is 1.77. The first-order chi connectivity index (χ1) is 12.1. The molecule has 0 radical (unpaired) electrons. The normalized spacial score (nSPS) is 10.5. The van der Waals surface area contributed by atoms with Gasteiger partial charge in [-0.2, -0.15) is 0 Å². The fourth-order valence-corrected chi connectivity index (χ4v) is 2.62. The molecule has 0 atom stereocenters. The van der Waals surface area contributed by atoms with Gasteiger partial charge in [0.1, 0.15) is 11.5 Å². The Labute approximate surface area is 146 Å². The molecule has 0 bridgehead atoms. The number of rotatable bonds is 5. The molecule has 0 saturated heterocycles. The quantitative estimate of drug-likeness (QED) is 0.775. The number of carbonyl (C=O) groups is 1. The zero-order valence-electron chi connectivity index (χ0n) is 14.5. The maximum absolute atomic E-state index is 12.5. The fraction of sp³-hybridized carbons (Fsp3) is 0.200. The van der Waals surface area contributed by atoms with Gasteiger partial charge >= 0.3 is 0 Å². The number of ether oxygens (including phenoxy) is 2. The van der Waals surface area contributed by atoms with Crippen LogP contribution in [0.3, 0.4) is 0 Å². The summed E-state index contributed by atoms with van der Waals surface area (Å²) in [6.45, 7) is 2.28. The summed E-state index contributed by atoms with van der Waals surface area (Å²) in [4.78, 5) is 17.1. The van der Waals surface area contributed by atoms with Crippen molar-refractivity contribution in [2.75, 3.05) is 14.2 Å². The monoisotopic (exact) mass is 336 g/mol. The third kappa shape index (κ3) is 3.71. The minimum absolute atomic E-state index is 0.140. The molecule has 5 nitrogen and oxygen atoms in total. The first-order valence-corrected chi connectivity index (χ1v) is 7.97. The lowest BCUT2D eigenvalue weighted by molar-refractivity contribution is 0.0950. The first kappa shape index (κ1) is 16.8. The Bertz CT molecular complexity index is 905. The zero-order valence-corrected chi connectivity index (χ0v) is 14.5. The van der Waals surface area contributed by atoms with Gasteiger partial charge in [0, 0.05) is 18.0 Å². The van der Waals surface area contributed by atoms with E-state index < -0.39 is 0 Å². The number of fused-ring (bicyclic) bond motifs is 1. The molecular formula is C20H20N2O3. The Morgan fingerprint density at radius 2 is 1.68 bits per heavy atom. The van der Waals surface area contributed by atoms with E-state index in [1.807, 2.05) is 55.5 Å². The van der Waals surface area contributed by atoms with Crippen LogP contribution in [-0.2, 0) is 6.54 Å². The van der Waals surface area contributed by atoms with Crippen molar-refractivity contribution in [1.29, 1.82) is 0 Å². The number of carbonyl (C=O) groups excluding carboxylic acids is 1. The molecule has 1 aromatic heterocycles. The van der Waals surface area contributed by atoms with Crippen LogP contribution in [0.25, 0.3) is 10.9 Å². The van der Waals surface area contributed by atoms with Crippen LogP contribution >= 0.6 is 0 Å². The van der Waals surface area contributed by atoms with Gasteiger partial charge in [0.2, 0.25) is 0 Å². The van der Waals surface area contributed by atoms with E-state index in [2.05, 4.69) is 10.3 Å². The van der Waals surface area contributed by atoms with Crippen molar-refractivity contribution in [3.05, 3.63) is 65.4 Å². The number of amides is 1. The van der Waals surface area contributed by atoms with Crippen molar-refractivity contribution in [3.8, 4) is 11.5 Å². The molecule has 0 aliphatic rings. The Kier molecular flexibility index (Phi) is 4.84. The number of nitrogens with one attached hydrogen (secondary N) is 1. The molecule has 128 valence electrons. The number of methoxy groups -OCH3 is 2. The summed E-state index contributed by atoms with van der Waals surface area (Å²) in [7, 11) is 3.25. The van der Waals surface area contributed by atoms with Gasteiger partial charge in [-0.1, -0.05) is 12.1 Å². The van der Waals surface area contributed by atoms with Gasteiger partial charge in [0.25, 0.3) is 5.91 Å². The number of hydrogen-bond donors (Lipinski definition) is 1. The molecule has 1 N–H and O–H groups in total. The number of nitrogens with zero attached hydrogens (tertiary/aromatic N) is 1. The van der Waals surface area contributed by atoms with E-state index in [1.165, 1.54) is 0 Å². The molecule has 0 aliphatic heterocycles. The smallest absolute Gasteiger partial charge is 0.253 e. The summed E-state index contributed by atoms with van der Waals surface area (Å²) < 4.78 is 10.3. The Morgan fingerprint density at radius 3 is 2.36 bits per heavy atom. The molecule has 1 heterocycles. The Hall–Kier alpha value is -3.08. The third-order valence-electron chi connectivity index (χ3n) is 4.07. The highest BCUT2D eigenvalue weighted by Crippen LogP contribution is 2.21. The molecule has 0 aliphatic carbocycles. The maximum atomic E-state index is 12.5. The number of pyridine rings is 1. The predicted octanol–water partition coefficient (Wildman–Crippen LogP) is 3.49. The summed E-state index contributed by atoms with van der Waals surface area (Å²) in [6.07, 6.45) is 0. The number of aromatic nitrogens is 1. The van der Waals surface area contributed by atoms with Gasteiger partial charge in [0.05, 0.1) is 31.0 Å². The average Bonchev–Trinajstić information content (AvgIpc) is 2.65. The molecule has 0 unspecified atom stereocenters. The lowest BCUT2D eigenvalue weighted by Gasteiger charge is -2.10. The Morgan fingerprint density at radius 1 is 1.00 bits per heavy atom. The molecule has 0 saturated carbocycles. The van der Waals surface area contributed by atoms with Crippen LogP contribution in [-0.4, -0.2) is 25.1 Å². The topological polar surface area (TPSA) is 60.5 Å². The van der Waals surface area contributed by atoms with Gasteiger partial charge in [-0.25, -0.2) is 0 Å². The summed E-state index contributed by atoms with van der Waals surface area (Å²) >= 11 is 0. The maximum Gasteiger partial charge on any atom is 0.253 e. The van der Waals surface area contributed by atoms with Crippen molar-refractivity contribution >= 4 is 16.8 Å². The van der Waals surface area contributed by atoms with Crippen LogP contribution in [0.15, 0.2) is 48.5 Å². The minimum Gasteiger partial charge on any atom is -0.497 e. The minimum atomic E-state index is -0.140. The van der Waals surface area contributed by atoms with Crippen molar-refractivity contribution in [2.45, 2.75) is 13.5 Å². The largest absolute Gasteiger partial charge is 0.497 e. The third-order valence-corrected chi connectivity index (χ3v) is 4.07. The second kappa shape index (κ2) is 7.21. The van der Waals surface area contributed by atoms with Crippen molar-refractivity contribution in [1.82, 2.24) is 10.3 Å². The van der Waals surface area contributed by atoms with Gasteiger partial charge in [-0.3, -0.25) is 9.78 Å². The van der Waals surface area contributed by atoms with Gasteiger partial charge in [-0.05, 0) is 42.8 Å². The van der Waals surface area contributed by atoms with Crippen LogP contribution in [0.2, 0.25) is 0 Å². The van der Waals surface area contributed by atoms with Gasteiger partial charge in [-0.15, -0.1) is 0 Å². The lowest BCUT2D eigenvalue weighted by atomic mass is 10.1. The lowest BCUT2D eigenvalue weighted by Crippen LogP contribution is -2.24. The molecular weight excluding hydrogens is 316 g/mol. The van der Waals surface area contributed by atoms with Gasteiger partial charge < -0.3 is 14.8 Å². The second-order valence-electron chi connectivity index (χ2n) is 5.71. The number of aryl methyl sites for hydroxylation is 1.